The third-order valence-electron chi connectivity index (χ3n) is 4.96. The van der Waals surface area contributed by atoms with Gasteiger partial charge in [-0.15, -0.1) is 10.2 Å². The Morgan fingerprint density at radius 2 is 1.76 bits per heavy atom. The number of hydrogen-bond donors (Lipinski definition) is 0. The zero-order valence-electron chi connectivity index (χ0n) is 18.6. The predicted octanol–water partition coefficient (Wildman–Crippen LogP) is 5.77. The van der Waals surface area contributed by atoms with E-state index in [1.807, 2.05) is 13.8 Å². The standard InChI is InChI=1S/C23H21F3N4O3S/c1-14-15(2)33-21(27-14)13-34-22-29-28-20(12-32-19-9-7-18(31-3)8-10-19)30(22)17-6-4-5-16(11-17)23(24,25)26/h4-11H,12-13H2,1-3H3. The lowest BCUT2D eigenvalue weighted by molar-refractivity contribution is -0.137. The molecule has 0 atom stereocenters. The molecule has 0 unspecified atom stereocenters. The zero-order valence-corrected chi connectivity index (χ0v) is 19.4. The van der Waals surface area contributed by atoms with Gasteiger partial charge in [0, 0.05) is 0 Å². The van der Waals surface area contributed by atoms with Crippen LogP contribution in [0.15, 0.2) is 58.1 Å². The van der Waals surface area contributed by atoms with E-state index in [2.05, 4.69) is 15.2 Å². The van der Waals surface area contributed by atoms with Gasteiger partial charge in [0.25, 0.3) is 0 Å². The van der Waals surface area contributed by atoms with Crippen molar-refractivity contribution in [2.75, 3.05) is 7.11 Å². The van der Waals surface area contributed by atoms with Gasteiger partial charge < -0.3 is 13.9 Å². The maximum Gasteiger partial charge on any atom is 0.416 e. The fourth-order valence-electron chi connectivity index (χ4n) is 3.11. The molecule has 0 saturated heterocycles. The average Bonchev–Trinajstić information content (AvgIpc) is 3.38. The Kier molecular flexibility index (Phi) is 6.82. The summed E-state index contributed by atoms with van der Waals surface area (Å²) in [6.45, 7) is 3.65. The normalized spacial score (nSPS) is 11.6. The molecule has 0 radical (unpaired) electrons. The van der Waals surface area contributed by atoms with Gasteiger partial charge >= 0.3 is 6.18 Å². The number of halogens is 3. The number of oxazole rings is 1. The number of benzene rings is 2. The maximum absolute atomic E-state index is 13.4. The summed E-state index contributed by atoms with van der Waals surface area (Å²) < 4.78 is 58.1. The summed E-state index contributed by atoms with van der Waals surface area (Å²) in [7, 11) is 1.56. The summed E-state index contributed by atoms with van der Waals surface area (Å²) in [5.41, 5.74) is 0.287. The van der Waals surface area contributed by atoms with E-state index < -0.39 is 11.7 Å². The van der Waals surface area contributed by atoms with Crippen LogP contribution in [0, 0.1) is 13.8 Å². The Labute approximate surface area is 197 Å². The molecule has 0 aliphatic heterocycles. The summed E-state index contributed by atoms with van der Waals surface area (Å²) in [5, 5.41) is 8.76. The quantitative estimate of drug-likeness (QED) is 0.290. The number of rotatable bonds is 8. The van der Waals surface area contributed by atoms with Crippen molar-refractivity contribution in [1.82, 2.24) is 19.7 Å². The molecule has 2 aromatic heterocycles. The van der Waals surface area contributed by atoms with Crippen LogP contribution in [-0.2, 0) is 18.5 Å². The van der Waals surface area contributed by atoms with Crippen LogP contribution in [-0.4, -0.2) is 26.9 Å². The first-order valence-electron chi connectivity index (χ1n) is 10.2. The summed E-state index contributed by atoms with van der Waals surface area (Å²) in [6.07, 6.45) is -4.48. The largest absolute Gasteiger partial charge is 0.497 e. The molecule has 0 N–H and O–H groups in total. The predicted molar refractivity (Wildman–Crippen MR) is 119 cm³/mol. The van der Waals surface area contributed by atoms with E-state index >= 15 is 0 Å². The highest BCUT2D eigenvalue weighted by molar-refractivity contribution is 7.98. The Balaban J connectivity index is 1.63. The molecule has 178 valence electrons. The van der Waals surface area contributed by atoms with E-state index in [9.17, 15) is 13.2 Å². The second-order valence-corrected chi connectivity index (χ2v) is 8.23. The van der Waals surface area contributed by atoms with Gasteiger partial charge in [0.1, 0.15) is 23.9 Å². The van der Waals surface area contributed by atoms with Crippen molar-refractivity contribution in [3.8, 4) is 17.2 Å². The Hall–Kier alpha value is -3.47. The van der Waals surface area contributed by atoms with Crippen molar-refractivity contribution < 1.29 is 27.1 Å². The van der Waals surface area contributed by atoms with Crippen LogP contribution in [0.2, 0.25) is 0 Å². The van der Waals surface area contributed by atoms with Crippen LogP contribution >= 0.6 is 11.8 Å². The summed E-state index contributed by atoms with van der Waals surface area (Å²) in [6, 6.07) is 11.9. The maximum atomic E-state index is 13.4. The third-order valence-corrected chi connectivity index (χ3v) is 5.87. The lowest BCUT2D eigenvalue weighted by atomic mass is 10.2. The minimum absolute atomic E-state index is 0.00659. The van der Waals surface area contributed by atoms with Crippen molar-refractivity contribution >= 4 is 11.8 Å². The number of thioether (sulfide) groups is 1. The number of alkyl halides is 3. The molecule has 34 heavy (non-hydrogen) atoms. The van der Waals surface area contributed by atoms with Crippen LogP contribution in [0.4, 0.5) is 13.2 Å². The van der Waals surface area contributed by atoms with Crippen molar-refractivity contribution in [2.24, 2.45) is 0 Å². The van der Waals surface area contributed by atoms with Gasteiger partial charge in [-0.2, -0.15) is 13.2 Å². The van der Waals surface area contributed by atoms with Gasteiger partial charge in [-0.05, 0) is 56.3 Å². The van der Waals surface area contributed by atoms with Crippen molar-refractivity contribution in [3.05, 3.63) is 77.3 Å². The first kappa shape index (κ1) is 23.7. The molecule has 0 aliphatic rings. The number of aromatic nitrogens is 4. The molecule has 0 bridgehead atoms. The van der Waals surface area contributed by atoms with Crippen LogP contribution in [0.25, 0.3) is 5.69 Å². The van der Waals surface area contributed by atoms with E-state index in [0.717, 1.165) is 17.8 Å². The molecule has 11 heteroatoms. The van der Waals surface area contributed by atoms with Crippen molar-refractivity contribution in [1.29, 1.82) is 0 Å². The zero-order chi connectivity index (χ0) is 24.3. The molecule has 0 spiro atoms. The smallest absolute Gasteiger partial charge is 0.416 e. The summed E-state index contributed by atoms with van der Waals surface area (Å²) >= 11 is 1.26. The topological polar surface area (TPSA) is 75.2 Å². The van der Waals surface area contributed by atoms with Crippen LogP contribution in [0.1, 0.15) is 28.7 Å². The van der Waals surface area contributed by atoms with Gasteiger partial charge in [-0.25, -0.2) is 4.98 Å². The lowest BCUT2D eigenvalue weighted by Crippen LogP contribution is -2.09. The average molecular weight is 491 g/mol. The monoisotopic (exact) mass is 490 g/mol. The molecule has 0 fully saturated rings. The highest BCUT2D eigenvalue weighted by Gasteiger charge is 2.31. The van der Waals surface area contributed by atoms with Gasteiger partial charge in [0.05, 0.1) is 29.8 Å². The molecule has 2 aromatic carbocycles. The molecular weight excluding hydrogens is 469 g/mol. The molecule has 2 heterocycles. The highest BCUT2D eigenvalue weighted by Crippen LogP contribution is 2.32. The first-order chi connectivity index (χ1) is 16.2. The summed E-state index contributed by atoms with van der Waals surface area (Å²) in [4.78, 5) is 4.34. The van der Waals surface area contributed by atoms with E-state index in [1.165, 1.54) is 17.8 Å². The minimum Gasteiger partial charge on any atom is -0.497 e. The summed E-state index contributed by atoms with van der Waals surface area (Å²) in [5.74, 6) is 3.12. The Morgan fingerprint density at radius 1 is 1.03 bits per heavy atom. The van der Waals surface area contributed by atoms with Gasteiger partial charge in [0.15, 0.2) is 11.0 Å². The number of aryl methyl sites for hydroxylation is 2. The molecule has 0 aliphatic carbocycles. The fourth-order valence-corrected chi connectivity index (χ4v) is 3.93. The second-order valence-electron chi connectivity index (χ2n) is 7.28. The van der Waals surface area contributed by atoms with E-state index in [4.69, 9.17) is 13.9 Å². The van der Waals surface area contributed by atoms with Crippen LogP contribution < -0.4 is 9.47 Å². The molecular formula is C23H21F3N4O3S. The van der Waals surface area contributed by atoms with E-state index in [1.54, 1.807) is 42.0 Å². The highest BCUT2D eigenvalue weighted by atomic mass is 32.2. The van der Waals surface area contributed by atoms with Crippen LogP contribution in [0.5, 0.6) is 11.5 Å². The molecule has 4 rings (SSSR count). The van der Waals surface area contributed by atoms with E-state index in [0.29, 0.717) is 39.9 Å². The second kappa shape index (κ2) is 9.80. The van der Waals surface area contributed by atoms with Crippen molar-refractivity contribution in [2.45, 2.75) is 37.5 Å². The molecule has 4 aromatic rings. The fraction of sp³-hybridized carbons (Fsp3) is 0.261. The number of methoxy groups -OCH3 is 1. The molecule has 0 amide bonds. The Morgan fingerprint density at radius 3 is 2.41 bits per heavy atom. The first-order valence-corrected chi connectivity index (χ1v) is 11.2. The number of hydrogen-bond acceptors (Lipinski definition) is 7. The van der Waals surface area contributed by atoms with Gasteiger partial charge in [0.2, 0.25) is 5.89 Å². The molecule has 7 nitrogen and oxygen atoms in total. The lowest BCUT2D eigenvalue weighted by Gasteiger charge is -2.13. The third kappa shape index (κ3) is 5.36. The SMILES string of the molecule is COc1ccc(OCc2nnc(SCc3nc(C)c(C)o3)n2-c2cccc(C(F)(F)F)c2)cc1. The number of nitrogens with zero attached hydrogens (tertiary/aromatic N) is 4. The number of ether oxygens (including phenoxy) is 2. The van der Waals surface area contributed by atoms with E-state index in [-0.39, 0.29) is 12.3 Å². The van der Waals surface area contributed by atoms with Gasteiger partial charge in [-0.3, -0.25) is 4.57 Å². The van der Waals surface area contributed by atoms with Crippen LogP contribution in [0.3, 0.4) is 0 Å². The van der Waals surface area contributed by atoms with Gasteiger partial charge in [-0.1, -0.05) is 17.8 Å². The Bertz CT molecular complexity index is 1250. The minimum atomic E-state index is -4.48. The van der Waals surface area contributed by atoms with Crippen molar-refractivity contribution in [3.63, 3.8) is 0 Å². The molecule has 0 saturated carbocycles.